The van der Waals surface area contributed by atoms with E-state index in [2.05, 4.69) is 4.98 Å². The van der Waals surface area contributed by atoms with E-state index in [1.807, 2.05) is 13.8 Å². The van der Waals surface area contributed by atoms with E-state index in [1.165, 1.54) is 4.88 Å². The first-order valence-corrected chi connectivity index (χ1v) is 6.28. The predicted octanol–water partition coefficient (Wildman–Crippen LogP) is 2.22. The molecule has 3 rings (SSSR count). The fourth-order valence-electron chi connectivity index (χ4n) is 2.36. The van der Waals surface area contributed by atoms with Crippen molar-refractivity contribution in [1.82, 2.24) is 4.98 Å². The molecule has 2 heterocycles. The van der Waals surface area contributed by atoms with Gasteiger partial charge in [-0.05, 0) is 20.3 Å². The zero-order valence-corrected chi connectivity index (χ0v) is 10.5. The summed E-state index contributed by atoms with van der Waals surface area (Å²) < 4.78 is 5.55. The predicted molar refractivity (Wildman–Crippen MR) is 65.2 cm³/mol. The summed E-state index contributed by atoms with van der Waals surface area (Å²) in [5, 5.41) is 1.05. The van der Waals surface area contributed by atoms with Crippen LogP contribution in [-0.4, -0.2) is 10.9 Å². The zero-order valence-electron chi connectivity index (χ0n) is 9.66. The van der Waals surface area contributed by atoms with E-state index >= 15 is 0 Å². The van der Waals surface area contributed by atoms with Crippen LogP contribution in [0, 0.1) is 13.8 Å². The molecule has 0 unspecified atom stereocenters. The Labute approximate surface area is 102 Å². The summed E-state index contributed by atoms with van der Waals surface area (Å²) in [7, 11) is 0. The van der Waals surface area contributed by atoms with Crippen molar-refractivity contribution in [3.05, 3.63) is 27.0 Å². The number of primary amides is 1. The molecule has 2 aromatic heterocycles. The number of aryl methyl sites for hydroxylation is 3. The standard InChI is InChI=1S/C12H12N2O2S/c1-5-9-7(16-11(5)12(13)15)3-4-8-10(9)14-6(2)17-8/h3-4H2,1-2H3,(H2,13,15). The van der Waals surface area contributed by atoms with Gasteiger partial charge in [0.05, 0.1) is 10.7 Å². The van der Waals surface area contributed by atoms with E-state index in [0.29, 0.717) is 0 Å². The Balaban J connectivity index is 2.27. The molecule has 4 nitrogen and oxygen atoms in total. The maximum Gasteiger partial charge on any atom is 0.284 e. The molecular weight excluding hydrogens is 236 g/mol. The maximum absolute atomic E-state index is 11.3. The number of rotatable bonds is 1. The molecule has 0 aromatic carbocycles. The number of amides is 1. The highest BCUT2D eigenvalue weighted by Crippen LogP contribution is 2.40. The van der Waals surface area contributed by atoms with Crippen LogP contribution in [0.2, 0.25) is 0 Å². The van der Waals surface area contributed by atoms with Gasteiger partial charge in [-0.15, -0.1) is 11.3 Å². The van der Waals surface area contributed by atoms with Crippen LogP contribution >= 0.6 is 11.3 Å². The van der Waals surface area contributed by atoms with Crippen molar-refractivity contribution in [1.29, 1.82) is 0 Å². The van der Waals surface area contributed by atoms with Gasteiger partial charge in [-0.3, -0.25) is 4.79 Å². The van der Waals surface area contributed by atoms with Crippen molar-refractivity contribution in [3.63, 3.8) is 0 Å². The number of furan rings is 1. The number of fused-ring (bicyclic) bond motifs is 3. The van der Waals surface area contributed by atoms with Crippen LogP contribution in [0.3, 0.4) is 0 Å². The van der Waals surface area contributed by atoms with Gasteiger partial charge in [0.15, 0.2) is 5.76 Å². The largest absolute Gasteiger partial charge is 0.455 e. The van der Waals surface area contributed by atoms with Crippen molar-refractivity contribution in [3.8, 4) is 11.3 Å². The van der Waals surface area contributed by atoms with Gasteiger partial charge in [0.1, 0.15) is 5.76 Å². The summed E-state index contributed by atoms with van der Waals surface area (Å²) in [6.45, 7) is 3.86. The molecule has 88 valence electrons. The van der Waals surface area contributed by atoms with Crippen LogP contribution in [0.4, 0.5) is 0 Å². The lowest BCUT2D eigenvalue weighted by atomic mass is 9.97. The van der Waals surface area contributed by atoms with Crippen LogP contribution < -0.4 is 5.73 Å². The van der Waals surface area contributed by atoms with Gasteiger partial charge >= 0.3 is 0 Å². The van der Waals surface area contributed by atoms with Crippen LogP contribution in [0.1, 0.15) is 31.8 Å². The number of hydrogen-bond donors (Lipinski definition) is 1. The van der Waals surface area contributed by atoms with Crippen LogP contribution in [0.25, 0.3) is 11.3 Å². The lowest BCUT2D eigenvalue weighted by Gasteiger charge is -2.09. The summed E-state index contributed by atoms with van der Waals surface area (Å²) in [4.78, 5) is 17.1. The van der Waals surface area contributed by atoms with Crippen molar-refractivity contribution < 1.29 is 9.21 Å². The molecule has 0 aliphatic heterocycles. The highest BCUT2D eigenvalue weighted by Gasteiger charge is 2.28. The minimum atomic E-state index is -0.509. The minimum absolute atomic E-state index is 0.272. The summed E-state index contributed by atoms with van der Waals surface area (Å²) >= 11 is 1.71. The first-order chi connectivity index (χ1) is 8.08. The van der Waals surface area contributed by atoms with Gasteiger partial charge in [-0.2, -0.15) is 0 Å². The highest BCUT2D eigenvalue weighted by molar-refractivity contribution is 7.12. The maximum atomic E-state index is 11.3. The highest BCUT2D eigenvalue weighted by atomic mass is 32.1. The van der Waals surface area contributed by atoms with Crippen LogP contribution in [0.15, 0.2) is 4.42 Å². The van der Waals surface area contributed by atoms with Crippen molar-refractivity contribution in [2.24, 2.45) is 5.73 Å². The Bertz CT molecular complexity index is 625. The van der Waals surface area contributed by atoms with Gasteiger partial charge in [0, 0.05) is 22.4 Å². The minimum Gasteiger partial charge on any atom is -0.455 e. The second-order valence-corrected chi connectivity index (χ2v) is 5.51. The number of nitrogens with zero attached hydrogens (tertiary/aromatic N) is 1. The SMILES string of the molecule is Cc1nc2c(s1)CCc1oc(C(N)=O)c(C)c1-2. The van der Waals surface area contributed by atoms with E-state index in [1.54, 1.807) is 11.3 Å². The molecule has 0 atom stereocenters. The molecule has 0 spiro atoms. The molecule has 1 aliphatic rings. The molecule has 0 saturated carbocycles. The topological polar surface area (TPSA) is 69.1 Å². The lowest BCUT2D eigenvalue weighted by molar-refractivity contribution is 0.0971. The quantitative estimate of drug-likeness (QED) is 0.841. The summed E-state index contributed by atoms with van der Waals surface area (Å²) in [5.41, 5.74) is 8.07. The molecule has 0 saturated heterocycles. The summed E-state index contributed by atoms with van der Waals surface area (Å²) in [5.74, 6) is 0.605. The lowest BCUT2D eigenvalue weighted by Crippen LogP contribution is -2.10. The van der Waals surface area contributed by atoms with Gasteiger partial charge in [-0.1, -0.05) is 0 Å². The fraction of sp³-hybridized carbons (Fsp3) is 0.333. The fourth-order valence-corrected chi connectivity index (χ4v) is 3.30. The number of carbonyl (C=O) groups is 1. The number of thiazole rings is 1. The molecule has 17 heavy (non-hydrogen) atoms. The molecular formula is C12H12N2O2S. The van der Waals surface area contributed by atoms with Gasteiger partial charge in [0.2, 0.25) is 0 Å². The first kappa shape index (κ1) is 10.5. The van der Waals surface area contributed by atoms with E-state index in [-0.39, 0.29) is 5.76 Å². The summed E-state index contributed by atoms with van der Waals surface area (Å²) in [6, 6.07) is 0. The van der Waals surface area contributed by atoms with Gasteiger partial charge in [-0.25, -0.2) is 4.98 Å². The zero-order chi connectivity index (χ0) is 12.2. The Hall–Kier alpha value is -1.62. The molecule has 1 amide bonds. The first-order valence-electron chi connectivity index (χ1n) is 5.46. The number of aromatic nitrogens is 1. The van der Waals surface area contributed by atoms with Gasteiger partial charge < -0.3 is 10.2 Å². The summed E-state index contributed by atoms with van der Waals surface area (Å²) in [6.07, 6.45) is 1.75. The van der Waals surface area contributed by atoms with E-state index in [4.69, 9.17) is 10.2 Å². The smallest absolute Gasteiger partial charge is 0.284 e. The average molecular weight is 248 g/mol. The van der Waals surface area contributed by atoms with Crippen molar-refractivity contribution in [2.45, 2.75) is 26.7 Å². The number of hydrogen-bond acceptors (Lipinski definition) is 4. The van der Waals surface area contributed by atoms with Crippen molar-refractivity contribution in [2.75, 3.05) is 0 Å². The number of nitrogens with two attached hydrogens (primary N) is 1. The number of carbonyl (C=O) groups excluding carboxylic acids is 1. The Morgan fingerprint density at radius 1 is 1.41 bits per heavy atom. The molecule has 0 bridgehead atoms. The molecule has 0 fully saturated rings. The molecule has 1 aliphatic carbocycles. The van der Waals surface area contributed by atoms with Gasteiger partial charge in [0.25, 0.3) is 5.91 Å². The van der Waals surface area contributed by atoms with E-state index in [0.717, 1.165) is 40.4 Å². The molecule has 2 aromatic rings. The van der Waals surface area contributed by atoms with E-state index < -0.39 is 5.91 Å². The Kier molecular flexibility index (Phi) is 2.13. The van der Waals surface area contributed by atoms with E-state index in [9.17, 15) is 4.79 Å². The second-order valence-electron chi connectivity index (χ2n) is 4.22. The third-order valence-corrected chi connectivity index (χ3v) is 4.09. The van der Waals surface area contributed by atoms with Crippen LogP contribution in [-0.2, 0) is 12.8 Å². The third kappa shape index (κ3) is 1.42. The van der Waals surface area contributed by atoms with Crippen molar-refractivity contribution >= 4 is 17.2 Å². The molecule has 5 heteroatoms. The molecule has 0 radical (unpaired) electrons. The average Bonchev–Trinajstić information content (AvgIpc) is 2.78. The second kappa shape index (κ2) is 3.43. The molecule has 2 N–H and O–H groups in total. The Morgan fingerprint density at radius 2 is 2.18 bits per heavy atom. The van der Waals surface area contributed by atoms with Crippen LogP contribution in [0.5, 0.6) is 0 Å². The third-order valence-electron chi connectivity index (χ3n) is 3.06. The normalized spacial score (nSPS) is 13.3. The Morgan fingerprint density at radius 3 is 2.88 bits per heavy atom. The monoisotopic (exact) mass is 248 g/mol.